The van der Waals surface area contributed by atoms with E-state index in [0.29, 0.717) is 28.5 Å². The summed E-state index contributed by atoms with van der Waals surface area (Å²) in [5.41, 5.74) is 25.1. The summed E-state index contributed by atoms with van der Waals surface area (Å²) < 4.78 is 0. The highest BCUT2D eigenvalue weighted by molar-refractivity contribution is 6.02. The second kappa shape index (κ2) is 43.8. The van der Waals surface area contributed by atoms with Crippen molar-refractivity contribution in [3.63, 3.8) is 0 Å². The molecule has 1 aliphatic rings. The Balaban J connectivity index is 1.34. The van der Waals surface area contributed by atoms with Gasteiger partial charge in [-0.3, -0.25) is 76.7 Å². The van der Waals surface area contributed by atoms with Crippen molar-refractivity contribution in [3.05, 3.63) is 90.1 Å². The number of fused-ring (bicyclic) bond motifs is 1. The molecule has 0 bridgehead atoms. The number of carboxylic acid groups (broad SMARTS) is 3. The highest BCUT2D eigenvalue weighted by atomic mass is 16.4. The number of amides is 14. The predicted molar refractivity (Wildman–Crippen MR) is 391 cm³/mol. The molecular formula is C71H101N19O20. The van der Waals surface area contributed by atoms with E-state index in [9.17, 15) is 86.9 Å². The van der Waals surface area contributed by atoms with Gasteiger partial charge in [0.25, 0.3) is 0 Å². The van der Waals surface area contributed by atoms with Gasteiger partial charge in [-0.05, 0) is 81.0 Å². The van der Waals surface area contributed by atoms with Crippen molar-refractivity contribution in [2.24, 2.45) is 34.8 Å². The van der Waals surface area contributed by atoms with E-state index >= 15 is 4.79 Å². The second-order valence-electron chi connectivity index (χ2n) is 27.0. The van der Waals surface area contributed by atoms with Crippen LogP contribution in [0, 0.1) is 11.8 Å². The highest BCUT2D eigenvalue weighted by Crippen LogP contribution is 2.24. The largest absolute Gasteiger partial charge is 0.481 e. The van der Waals surface area contributed by atoms with Gasteiger partial charge in [0.1, 0.15) is 66.5 Å². The number of imidazole rings is 1. The van der Waals surface area contributed by atoms with E-state index < -0.39 is 218 Å². The Labute approximate surface area is 632 Å². The highest BCUT2D eigenvalue weighted by Gasteiger charge is 2.42. The zero-order valence-electron chi connectivity index (χ0n) is 61.7. The van der Waals surface area contributed by atoms with Crippen LogP contribution in [0.15, 0.2) is 73.3 Å². The minimum atomic E-state index is -2.13. The number of hydrogen-bond acceptors (Lipinski definition) is 20. The third-order valence-electron chi connectivity index (χ3n) is 18.5. The molecule has 600 valence electrons. The summed E-state index contributed by atoms with van der Waals surface area (Å²) in [5.74, 6) is -20.1. The van der Waals surface area contributed by atoms with Crippen molar-refractivity contribution in [1.29, 1.82) is 0 Å². The molecule has 24 N–H and O–H groups in total. The number of likely N-dealkylation sites (tertiary alicyclic amines) is 1. The van der Waals surface area contributed by atoms with Gasteiger partial charge in [0.15, 0.2) is 0 Å². The monoisotopic (exact) mass is 1540 g/mol. The Hall–Kier alpha value is -11.9. The maximum Gasteiger partial charge on any atom is 0.326 e. The molecule has 1 fully saturated rings. The second-order valence-corrected chi connectivity index (χ2v) is 27.0. The average Bonchev–Trinajstić information content (AvgIpc) is 1.66. The van der Waals surface area contributed by atoms with Crippen LogP contribution in [0.1, 0.15) is 128 Å². The first-order valence-electron chi connectivity index (χ1n) is 36.0. The van der Waals surface area contributed by atoms with Crippen LogP contribution >= 0.6 is 0 Å². The number of rotatable bonds is 47. The fourth-order valence-electron chi connectivity index (χ4n) is 11.9. The number of nitrogens with two attached hydrogens (primary N) is 4. The molecule has 5 rings (SSSR count). The van der Waals surface area contributed by atoms with Crippen LogP contribution in [0.4, 0.5) is 0 Å². The number of aromatic nitrogens is 3. The third-order valence-corrected chi connectivity index (χ3v) is 18.5. The first-order chi connectivity index (χ1) is 52.1. The number of carbonyl (C=O) groups excluding carboxylic acids is 14. The van der Waals surface area contributed by atoms with Gasteiger partial charge >= 0.3 is 17.9 Å². The molecule has 0 spiro atoms. The lowest BCUT2D eigenvalue weighted by molar-refractivity contribution is -0.144. The fraction of sp³-hybridized carbons (Fsp3) is 0.521. The summed E-state index contributed by atoms with van der Waals surface area (Å²) in [7, 11) is 0. The number of aliphatic carboxylic acids is 3. The lowest BCUT2D eigenvalue weighted by Crippen LogP contribution is -2.61. The zero-order chi connectivity index (χ0) is 81.5. The van der Waals surface area contributed by atoms with Gasteiger partial charge in [-0.25, -0.2) is 9.78 Å². The molecule has 1 aliphatic heterocycles. The molecule has 2 aromatic carbocycles. The predicted octanol–water partition coefficient (Wildman–Crippen LogP) is -4.38. The summed E-state index contributed by atoms with van der Waals surface area (Å²) in [4.78, 5) is 240. The van der Waals surface area contributed by atoms with Crippen molar-refractivity contribution in [2.45, 2.75) is 203 Å². The number of hydrogen-bond donors (Lipinski definition) is 20. The summed E-state index contributed by atoms with van der Waals surface area (Å²) in [6.45, 7) is 7.33. The zero-order valence-corrected chi connectivity index (χ0v) is 61.7. The number of unbranched alkanes of at least 4 members (excludes halogenated alkanes) is 1. The average molecular weight is 1540 g/mol. The number of aromatic amines is 2. The molecule has 14 amide bonds. The van der Waals surface area contributed by atoms with Crippen LogP contribution in [0.3, 0.4) is 0 Å². The number of nitrogens with one attached hydrogen (secondary N) is 13. The number of carboxylic acids is 3. The van der Waals surface area contributed by atoms with Gasteiger partial charge in [0.05, 0.1) is 43.9 Å². The Bertz CT molecular complexity index is 3910. The van der Waals surface area contributed by atoms with Crippen LogP contribution < -0.4 is 81.4 Å². The van der Waals surface area contributed by atoms with Crippen molar-refractivity contribution in [1.82, 2.24) is 78.3 Å². The van der Waals surface area contributed by atoms with Crippen LogP contribution in [-0.2, 0) is 101 Å². The third kappa shape index (κ3) is 28.0. The van der Waals surface area contributed by atoms with Crippen LogP contribution in [0.25, 0.3) is 10.9 Å². The molecule has 14 atom stereocenters. The smallest absolute Gasteiger partial charge is 0.326 e. The number of H-pyrrole nitrogens is 2. The maximum atomic E-state index is 15.2. The lowest BCUT2D eigenvalue weighted by Gasteiger charge is -2.31. The normalized spacial score (nSPS) is 16.1. The van der Waals surface area contributed by atoms with Gasteiger partial charge in [-0.1, -0.05) is 89.1 Å². The van der Waals surface area contributed by atoms with Crippen LogP contribution in [0.2, 0.25) is 0 Å². The van der Waals surface area contributed by atoms with E-state index in [0.717, 1.165) is 0 Å². The number of para-hydroxylation sites is 1. The number of benzene rings is 2. The molecule has 0 aliphatic carbocycles. The minimum absolute atomic E-state index is 0.00941. The molecule has 0 unspecified atom stereocenters. The molecule has 39 nitrogen and oxygen atoms in total. The maximum absolute atomic E-state index is 15.2. The topological polar surface area (TPSA) is 635 Å². The first-order valence-corrected chi connectivity index (χ1v) is 36.0. The SMILES string of the molecule is CC[C@H](C)[C@H](N)C(=O)N[C@@H](Cc1ccccc1)C(=O)N[C@@H](C)C(=O)N[C@@H](Cc1c[nH]c2ccccc12)C(=O)N1CCC[C@H]1C(=O)N[C@@H](Cc1c[nH]cn1)C(=O)N[C@@H](CCCCN)C(=O)N[C@@H](CC(=O)O)C(=O)N[C@@H](CC(N)=O)C(=O)N[C@@H](CC(N)=O)C(=O)NCC(=O)N[C@H](C(=O)N[C@@H](CCC(=O)O)C(=O)O)[C@@H](C)CC. The summed E-state index contributed by atoms with van der Waals surface area (Å²) >= 11 is 0. The molecule has 39 heteroatoms. The van der Waals surface area contributed by atoms with Crippen LogP contribution in [-0.4, -0.2) is 228 Å². The lowest BCUT2D eigenvalue weighted by atomic mass is 9.97. The summed E-state index contributed by atoms with van der Waals surface area (Å²) in [5, 5.41) is 55.9. The Kier molecular flexibility index (Phi) is 35.3. The first kappa shape index (κ1) is 88.7. The number of primary amides is 2. The minimum Gasteiger partial charge on any atom is -0.481 e. The molecule has 4 aromatic rings. The van der Waals surface area contributed by atoms with E-state index in [4.69, 9.17) is 28.0 Å². The Morgan fingerprint density at radius 1 is 0.555 bits per heavy atom. The van der Waals surface area contributed by atoms with Crippen molar-refractivity contribution in [3.8, 4) is 0 Å². The van der Waals surface area contributed by atoms with E-state index in [1.54, 1.807) is 74.6 Å². The van der Waals surface area contributed by atoms with Crippen molar-refractivity contribution in [2.75, 3.05) is 19.6 Å². The molecule has 110 heavy (non-hydrogen) atoms. The van der Waals surface area contributed by atoms with Gasteiger partial charge in [-0.15, -0.1) is 0 Å². The van der Waals surface area contributed by atoms with Gasteiger partial charge in [0.2, 0.25) is 82.7 Å². The van der Waals surface area contributed by atoms with E-state index in [2.05, 4.69) is 73.4 Å². The molecular weight excluding hydrogens is 1440 g/mol. The fourth-order valence-corrected chi connectivity index (χ4v) is 11.9. The summed E-state index contributed by atoms with van der Waals surface area (Å²) in [6, 6.07) is -2.65. The molecule has 0 radical (unpaired) electrons. The molecule has 1 saturated heterocycles. The van der Waals surface area contributed by atoms with Gasteiger partial charge in [0, 0.05) is 55.5 Å². The van der Waals surface area contributed by atoms with Gasteiger partial charge in [-0.2, -0.15) is 0 Å². The molecule has 3 heterocycles. The van der Waals surface area contributed by atoms with Crippen molar-refractivity contribution >= 4 is 112 Å². The summed E-state index contributed by atoms with van der Waals surface area (Å²) in [6.07, 6.45) is 0.818. The quantitative estimate of drug-likeness (QED) is 0.0186. The van der Waals surface area contributed by atoms with Gasteiger partial charge < -0.3 is 112 Å². The standard InChI is InChI=1S/C71H101N19O20/c1-6-36(3)58(75)68(106)87-46(26-39-16-9-8-10-17-39)63(101)80-38(5)60(98)88-51(27-40-32-77-43-19-12-11-18-42(40)43)70(108)90-25-15-21-52(90)67(105)86-47(28-41-33-76-35-79-41)64(102)81-44(20-13-14-24-72)62(100)85-50(31-57(96)97)66(104)84-49(30-54(74)92)65(103)83-48(29-53(73)91)61(99)78-34-55(93)89-59(37(4)7-2)69(107)82-45(71(109)110)22-23-56(94)95/h8-12,16-19,32-33,35-38,44-52,58-59,77H,6-7,13-15,20-31,34,72,75H2,1-5H3,(H2,73,91)(H2,74,92)(H,76,79)(H,78,99)(H,80,101)(H,81,102)(H,82,107)(H,83,103)(H,84,104)(H,85,100)(H,86,105)(H,87,106)(H,88,98)(H,89,93)(H,94,95)(H,96,97)(H,109,110)/t36-,37-,38-,44-,45-,46-,47-,48-,49-,50-,51-,52-,58-,59-/m0/s1. The van der Waals surface area contributed by atoms with E-state index in [1.807, 2.05) is 6.92 Å². The van der Waals surface area contributed by atoms with Crippen LogP contribution in [0.5, 0.6) is 0 Å². The molecule has 2 aromatic heterocycles. The Morgan fingerprint density at radius 2 is 1.11 bits per heavy atom. The van der Waals surface area contributed by atoms with E-state index in [1.165, 1.54) is 31.3 Å². The Morgan fingerprint density at radius 3 is 1.70 bits per heavy atom. The van der Waals surface area contributed by atoms with E-state index in [-0.39, 0.29) is 82.5 Å². The number of nitrogens with zero attached hydrogens (tertiary/aromatic N) is 2. The number of carbonyl (C=O) groups is 17. The van der Waals surface area contributed by atoms with Crippen molar-refractivity contribution < 1.29 is 96.8 Å². The molecule has 0 saturated carbocycles.